The van der Waals surface area contributed by atoms with Crippen molar-refractivity contribution in [3.63, 3.8) is 0 Å². The van der Waals surface area contributed by atoms with Gasteiger partial charge in [-0.15, -0.1) is 11.5 Å². The van der Waals surface area contributed by atoms with Crippen LogP contribution in [0.5, 0.6) is 0 Å². The molecule has 7 heteroatoms. The monoisotopic (exact) mass is 351 g/mol. The van der Waals surface area contributed by atoms with Gasteiger partial charge in [0.05, 0.1) is 12.2 Å². The number of ketones is 1. The number of Topliss-reactive ketones (excluding diaryl/α,β-unsaturated/α-hetero) is 1. The molecule has 1 fully saturated rings. The van der Waals surface area contributed by atoms with Crippen LogP contribution in [-0.2, 0) is 9.59 Å². The molecule has 1 heterocycles. The van der Waals surface area contributed by atoms with Crippen LogP contribution in [0.15, 0.2) is 24.5 Å². The Labute approximate surface area is 152 Å². The van der Waals surface area contributed by atoms with Crippen LogP contribution >= 0.6 is 0 Å². The standard InChI is InChI=1S/C19H21N5O2/c1-3-19(26)23(12-17(25)11-15-6-4-5-7-15)16-8-9-18(14(2)10-16)24-13-20-21-22-24/h1,8-10,13,15H,4-7,11-12H2,2H3. The molecule has 1 aliphatic rings. The highest BCUT2D eigenvalue weighted by atomic mass is 16.2. The van der Waals surface area contributed by atoms with E-state index in [9.17, 15) is 9.59 Å². The maximum absolute atomic E-state index is 12.4. The second kappa shape index (κ2) is 7.91. The zero-order valence-corrected chi connectivity index (χ0v) is 14.8. The summed E-state index contributed by atoms with van der Waals surface area (Å²) < 4.78 is 1.54. The summed E-state index contributed by atoms with van der Waals surface area (Å²) in [5.74, 6) is 2.09. The van der Waals surface area contributed by atoms with Gasteiger partial charge in [0.15, 0.2) is 5.78 Å². The second-order valence-corrected chi connectivity index (χ2v) is 6.65. The molecule has 3 rings (SSSR count). The molecule has 2 aromatic rings. The molecule has 0 spiro atoms. The third-order valence-corrected chi connectivity index (χ3v) is 4.78. The van der Waals surface area contributed by atoms with Crippen molar-refractivity contribution in [3.8, 4) is 18.0 Å². The molecule has 0 bridgehead atoms. The molecule has 1 amide bonds. The van der Waals surface area contributed by atoms with E-state index in [-0.39, 0.29) is 12.3 Å². The lowest BCUT2D eigenvalue weighted by Crippen LogP contribution is -2.35. The summed E-state index contributed by atoms with van der Waals surface area (Å²) >= 11 is 0. The van der Waals surface area contributed by atoms with E-state index in [0.29, 0.717) is 18.0 Å². The summed E-state index contributed by atoms with van der Waals surface area (Å²) in [6, 6.07) is 5.37. The Morgan fingerprint density at radius 2 is 2.12 bits per heavy atom. The maximum atomic E-state index is 12.4. The lowest BCUT2D eigenvalue weighted by Gasteiger charge is -2.21. The fourth-order valence-electron chi connectivity index (χ4n) is 3.47. The number of amides is 1. The van der Waals surface area contributed by atoms with Crippen molar-refractivity contribution in [3.05, 3.63) is 30.1 Å². The fraction of sp³-hybridized carbons (Fsp3) is 0.421. The average molecular weight is 351 g/mol. The number of hydrogen-bond acceptors (Lipinski definition) is 5. The van der Waals surface area contributed by atoms with Crippen LogP contribution < -0.4 is 4.90 Å². The van der Waals surface area contributed by atoms with Gasteiger partial charge in [0.1, 0.15) is 6.33 Å². The van der Waals surface area contributed by atoms with Crippen molar-refractivity contribution in [2.75, 3.05) is 11.4 Å². The van der Waals surface area contributed by atoms with Gasteiger partial charge in [-0.1, -0.05) is 25.7 Å². The Morgan fingerprint density at radius 3 is 2.73 bits per heavy atom. The van der Waals surface area contributed by atoms with E-state index in [2.05, 4.69) is 21.4 Å². The second-order valence-electron chi connectivity index (χ2n) is 6.65. The molecule has 1 aliphatic carbocycles. The highest BCUT2D eigenvalue weighted by Gasteiger charge is 2.23. The van der Waals surface area contributed by atoms with Crippen molar-refractivity contribution in [1.29, 1.82) is 0 Å². The molecule has 26 heavy (non-hydrogen) atoms. The number of hydrogen-bond donors (Lipinski definition) is 0. The molecule has 0 N–H and O–H groups in total. The molecular weight excluding hydrogens is 330 g/mol. The molecule has 0 radical (unpaired) electrons. The Hall–Kier alpha value is -3.01. The van der Waals surface area contributed by atoms with Gasteiger partial charge in [-0.25, -0.2) is 4.68 Å². The van der Waals surface area contributed by atoms with E-state index < -0.39 is 5.91 Å². The minimum Gasteiger partial charge on any atom is -0.298 e. The van der Waals surface area contributed by atoms with Crippen molar-refractivity contribution in [2.45, 2.75) is 39.0 Å². The highest BCUT2D eigenvalue weighted by Crippen LogP contribution is 2.28. The van der Waals surface area contributed by atoms with Gasteiger partial charge in [0.2, 0.25) is 0 Å². The molecule has 0 atom stereocenters. The number of aromatic nitrogens is 4. The molecule has 0 saturated heterocycles. The third kappa shape index (κ3) is 3.97. The maximum Gasteiger partial charge on any atom is 0.303 e. The number of rotatable bonds is 6. The number of carbonyl (C=O) groups excluding carboxylic acids is 2. The zero-order chi connectivity index (χ0) is 18.5. The predicted octanol–water partition coefficient (Wildman–Crippen LogP) is 2.09. The van der Waals surface area contributed by atoms with Crippen LogP contribution in [-0.4, -0.2) is 38.4 Å². The largest absolute Gasteiger partial charge is 0.303 e. The molecule has 1 saturated carbocycles. The summed E-state index contributed by atoms with van der Waals surface area (Å²) in [6.07, 6.45) is 11.9. The van der Waals surface area contributed by atoms with Crippen molar-refractivity contribution >= 4 is 17.4 Å². The van der Waals surface area contributed by atoms with Crippen molar-refractivity contribution in [2.24, 2.45) is 5.92 Å². The van der Waals surface area contributed by atoms with E-state index >= 15 is 0 Å². The SMILES string of the molecule is C#CC(=O)N(CC(=O)CC1CCCC1)c1ccc(-n2cnnn2)c(C)c1. The Kier molecular flexibility index (Phi) is 5.42. The molecule has 0 aliphatic heterocycles. The summed E-state index contributed by atoms with van der Waals surface area (Å²) in [5.41, 5.74) is 2.26. The van der Waals surface area contributed by atoms with Crippen molar-refractivity contribution in [1.82, 2.24) is 20.2 Å². The Bertz CT molecular complexity index is 832. The zero-order valence-electron chi connectivity index (χ0n) is 14.8. The fourth-order valence-corrected chi connectivity index (χ4v) is 3.47. The topological polar surface area (TPSA) is 81.0 Å². The van der Waals surface area contributed by atoms with Gasteiger partial charge in [0, 0.05) is 12.1 Å². The Morgan fingerprint density at radius 1 is 1.35 bits per heavy atom. The molecule has 1 aromatic carbocycles. The first-order valence-corrected chi connectivity index (χ1v) is 8.72. The first kappa shape index (κ1) is 17.8. The smallest absolute Gasteiger partial charge is 0.298 e. The molecule has 134 valence electrons. The van der Waals surface area contributed by atoms with Gasteiger partial charge in [-0.3, -0.25) is 14.5 Å². The van der Waals surface area contributed by atoms with Crippen LogP contribution in [0.25, 0.3) is 5.69 Å². The predicted molar refractivity (Wildman–Crippen MR) is 96.7 cm³/mol. The number of terminal acetylenes is 1. The average Bonchev–Trinajstić information content (AvgIpc) is 3.33. The molecular formula is C19H21N5O2. The first-order chi connectivity index (χ1) is 12.6. The molecule has 0 unspecified atom stereocenters. The van der Waals surface area contributed by atoms with E-state index in [0.717, 1.165) is 24.1 Å². The van der Waals surface area contributed by atoms with Gasteiger partial charge < -0.3 is 0 Å². The van der Waals surface area contributed by atoms with E-state index in [1.807, 2.05) is 13.0 Å². The van der Waals surface area contributed by atoms with Gasteiger partial charge in [-0.2, -0.15) is 0 Å². The van der Waals surface area contributed by atoms with Crippen LogP contribution in [0, 0.1) is 25.2 Å². The number of anilines is 1. The Balaban J connectivity index is 1.79. The van der Waals surface area contributed by atoms with E-state index in [1.165, 1.54) is 28.8 Å². The van der Waals surface area contributed by atoms with Gasteiger partial charge in [-0.05, 0) is 53.0 Å². The van der Waals surface area contributed by atoms with Crippen LogP contribution in [0.2, 0.25) is 0 Å². The number of carbonyl (C=O) groups is 2. The summed E-state index contributed by atoms with van der Waals surface area (Å²) in [6.45, 7) is 1.89. The van der Waals surface area contributed by atoms with E-state index in [1.54, 1.807) is 12.1 Å². The lowest BCUT2D eigenvalue weighted by atomic mass is 10.0. The summed E-state index contributed by atoms with van der Waals surface area (Å²) in [4.78, 5) is 26.0. The highest BCUT2D eigenvalue weighted by molar-refractivity contribution is 6.08. The number of benzene rings is 1. The van der Waals surface area contributed by atoms with Crippen molar-refractivity contribution < 1.29 is 9.59 Å². The van der Waals surface area contributed by atoms with E-state index in [4.69, 9.17) is 6.42 Å². The number of aryl methyl sites for hydroxylation is 1. The normalized spacial score (nSPS) is 14.2. The van der Waals surface area contributed by atoms with Crippen LogP contribution in [0.4, 0.5) is 5.69 Å². The number of nitrogens with zero attached hydrogens (tertiary/aromatic N) is 5. The van der Waals surface area contributed by atoms with Crippen LogP contribution in [0.3, 0.4) is 0 Å². The molecule has 1 aromatic heterocycles. The minimum atomic E-state index is -0.514. The lowest BCUT2D eigenvalue weighted by molar-refractivity contribution is -0.121. The van der Waals surface area contributed by atoms with Crippen LogP contribution in [0.1, 0.15) is 37.7 Å². The molecule has 7 nitrogen and oxygen atoms in total. The van der Waals surface area contributed by atoms with Gasteiger partial charge >= 0.3 is 5.91 Å². The van der Waals surface area contributed by atoms with Gasteiger partial charge in [0.25, 0.3) is 0 Å². The quantitative estimate of drug-likeness (QED) is 0.745. The first-order valence-electron chi connectivity index (χ1n) is 8.72. The summed E-state index contributed by atoms with van der Waals surface area (Å²) in [5, 5.41) is 11.1. The minimum absolute atomic E-state index is 0.00318. The third-order valence-electron chi connectivity index (χ3n) is 4.78. The number of tetrazole rings is 1. The summed E-state index contributed by atoms with van der Waals surface area (Å²) in [7, 11) is 0.